The van der Waals surface area contributed by atoms with Gasteiger partial charge >= 0.3 is 0 Å². The first-order valence-electron chi connectivity index (χ1n) is 11.1. The molecule has 33 heavy (non-hydrogen) atoms. The molecule has 2 aromatic rings. The highest BCUT2D eigenvalue weighted by Crippen LogP contribution is 2.30. The second-order valence-electron chi connectivity index (χ2n) is 7.55. The van der Waals surface area contributed by atoms with Gasteiger partial charge in [0.1, 0.15) is 12.4 Å². The van der Waals surface area contributed by atoms with Crippen LogP contribution in [0, 0.1) is 6.92 Å². The van der Waals surface area contributed by atoms with Crippen molar-refractivity contribution in [1.29, 1.82) is 0 Å². The number of aryl methyl sites for hydroxylation is 1. The largest absolute Gasteiger partial charge is 0.493 e. The molecule has 1 aromatic heterocycles. The molecular formula is C22H36IN7O3. The van der Waals surface area contributed by atoms with Crippen LogP contribution in [0.15, 0.2) is 23.2 Å². The topological polar surface area (TPSA) is 98.1 Å². The van der Waals surface area contributed by atoms with E-state index < -0.39 is 0 Å². The lowest BCUT2D eigenvalue weighted by molar-refractivity contribution is 0.0376. The average Bonchev–Trinajstić information content (AvgIpc) is 3.13. The van der Waals surface area contributed by atoms with Crippen LogP contribution in [0.5, 0.6) is 11.5 Å². The number of rotatable bonds is 10. The molecule has 1 aliphatic rings. The third-order valence-electron chi connectivity index (χ3n) is 5.33. The second kappa shape index (κ2) is 14.2. The van der Waals surface area contributed by atoms with Gasteiger partial charge in [-0.3, -0.25) is 4.90 Å². The summed E-state index contributed by atoms with van der Waals surface area (Å²) in [4.78, 5) is 7.16. The smallest absolute Gasteiger partial charge is 0.196 e. The zero-order valence-corrected chi connectivity index (χ0v) is 22.3. The molecule has 2 N–H and O–H groups in total. The van der Waals surface area contributed by atoms with Crippen LogP contribution in [0.25, 0.3) is 0 Å². The SMILES string of the molecule is CCOc1cc(NC(=NCc2nnc(C)n2C)NCCCN2CCOCC2)ccc1OC.I. The highest BCUT2D eigenvalue weighted by atomic mass is 127. The van der Waals surface area contributed by atoms with Gasteiger partial charge in [-0.15, -0.1) is 34.2 Å². The van der Waals surface area contributed by atoms with Gasteiger partial charge in [-0.1, -0.05) is 0 Å². The van der Waals surface area contributed by atoms with Crippen LogP contribution < -0.4 is 20.1 Å². The van der Waals surface area contributed by atoms with Crippen molar-refractivity contribution in [2.45, 2.75) is 26.8 Å². The fourth-order valence-electron chi connectivity index (χ4n) is 3.37. The van der Waals surface area contributed by atoms with E-state index >= 15 is 0 Å². The maximum atomic E-state index is 5.70. The number of nitrogens with zero attached hydrogens (tertiary/aromatic N) is 5. The number of nitrogens with one attached hydrogen (secondary N) is 2. The van der Waals surface area contributed by atoms with Gasteiger partial charge in [-0.05, 0) is 38.9 Å². The molecule has 1 saturated heterocycles. The predicted octanol–water partition coefficient (Wildman–Crippen LogP) is 2.43. The van der Waals surface area contributed by atoms with Crippen molar-refractivity contribution in [3.63, 3.8) is 0 Å². The normalized spacial score (nSPS) is 14.5. The number of hydrogen-bond donors (Lipinski definition) is 2. The first-order valence-corrected chi connectivity index (χ1v) is 11.1. The van der Waals surface area contributed by atoms with E-state index in [0.717, 1.165) is 63.1 Å². The number of aromatic nitrogens is 3. The van der Waals surface area contributed by atoms with Gasteiger partial charge in [-0.2, -0.15) is 0 Å². The molecule has 1 aliphatic heterocycles. The molecular weight excluding hydrogens is 537 g/mol. The van der Waals surface area contributed by atoms with Gasteiger partial charge in [0, 0.05) is 38.4 Å². The second-order valence-corrected chi connectivity index (χ2v) is 7.55. The quantitative estimate of drug-likeness (QED) is 0.194. The maximum Gasteiger partial charge on any atom is 0.196 e. The number of morpholine rings is 1. The molecule has 0 saturated carbocycles. The molecule has 0 bridgehead atoms. The van der Waals surface area contributed by atoms with Crippen LogP contribution in [-0.2, 0) is 18.3 Å². The van der Waals surface area contributed by atoms with E-state index in [0.29, 0.717) is 30.6 Å². The number of halogens is 1. The Morgan fingerprint density at radius 1 is 1.21 bits per heavy atom. The Morgan fingerprint density at radius 2 is 2.00 bits per heavy atom. The first-order chi connectivity index (χ1) is 15.6. The Morgan fingerprint density at radius 3 is 2.67 bits per heavy atom. The maximum absolute atomic E-state index is 5.70. The van der Waals surface area contributed by atoms with Crippen molar-refractivity contribution in [1.82, 2.24) is 25.0 Å². The third-order valence-corrected chi connectivity index (χ3v) is 5.33. The molecule has 0 atom stereocenters. The Balaban J connectivity index is 0.00000385. The molecule has 184 valence electrons. The molecule has 11 heteroatoms. The molecule has 0 spiro atoms. The highest BCUT2D eigenvalue weighted by molar-refractivity contribution is 14.0. The average molecular weight is 573 g/mol. The number of benzene rings is 1. The monoisotopic (exact) mass is 573 g/mol. The van der Waals surface area contributed by atoms with Gasteiger partial charge in [0.05, 0.1) is 26.9 Å². The standard InChI is InChI=1S/C22H35N7O3.HI/c1-5-32-20-15-18(7-8-19(20)30-4)25-22(24-16-21-27-26-17(2)28(21)3)23-9-6-10-29-11-13-31-14-12-29;/h7-8,15H,5-6,9-14,16H2,1-4H3,(H2,23,24,25);1H. The summed E-state index contributed by atoms with van der Waals surface area (Å²) in [5, 5.41) is 15.1. The number of methoxy groups -OCH3 is 1. The molecule has 0 aliphatic carbocycles. The van der Waals surface area contributed by atoms with Crippen LogP contribution in [0.4, 0.5) is 5.69 Å². The Kier molecular flexibility index (Phi) is 11.7. The van der Waals surface area contributed by atoms with E-state index in [1.807, 2.05) is 43.7 Å². The first kappa shape index (κ1) is 27.1. The predicted molar refractivity (Wildman–Crippen MR) is 140 cm³/mol. The van der Waals surface area contributed by atoms with Crippen molar-refractivity contribution < 1.29 is 14.2 Å². The summed E-state index contributed by atoms with van der Waals surface area (Å²) in [5.41, 5.74) is 0.864. The van der Waals surface area contributed by atoms with E-state index in [4.69, 9.17) is 19.2 Å². The highest BCUT2D eigenvalue weighted by Gasteiger charge is 2.11. The zero-order chi connectivity index (χ0) is 22.8. The van der Waals surface area contributed by atoms with Gasteiger partial charge in [-0.25, -0.2) is 4.99 Å². The Bertz CT molecular complexity index is 885. The minimum absolute atomic E-state index is 0. The third kappa shape index (κ3) is 8.31. The number of anilines is 1. The van der Waals surface area contributed by atoms with E-state index in [2.05, 4.69) is 25.7 Å². The summed E-state index contributed by atoms with van der Waals surface area (Å²) in [6.45, 7) is 10.3. The van der Waals surface area contributed by atoms with Crippen molar-refractivity contribution in [2.75, 3.05) is 58.4 Å². The summed E-state index contributed by atoms with van der Waals surface area (Å²) < 4.78 is 18.5. The lowest BCUT2D eigenvalue weighted by Gasteiger charge is -2.26. The van der Waals surface area contributed by atoms with E-state index in [1.54, 1.807) is 7.11 Å². The van der Waals surface area contributed by atoms with Crippen LogP contribution in [0.1, 0.15) is 25.0 Å². The summed E-state index contributed by atoms with van der Waals surface area (Å²) in [7, 11) is 3.58. The fourth-order valence-corrected chi connectivity index (χ4v) is 3.37. The molecule has 0 radical (unpaired) electrons. The summed E-state index contributed by atoms with van der Waals surface area (Å²) in [6.07, 6.45) is 1.01. The minimum atomic E-state index is 0. The van der Waals surface area contributed by atoms with Crippen molar-refractivity contribution in [3.8, 4) is 11.5 Å². The van der Waals surface area contributed by atoms with Gasteiger partial charge in [0.2, 0.25) is 0 Å². The molecule has 3 rings (SSSR count). The molecule has 1 fully saturated rings. The van der Waals surface area contributed by atoms with Gasteiger partial charge in [0.25, 0.3) is 0 Å². The molecule has 1 aromatic carbocycles. The lowest BCUT2D eigenvalue weighted by atomic mass is 10.2. The van der Waals surface area contributed by atoms with Gasteiger partial charge in [0.15, 0.2) is 23.3 Å². The summed E-state index contributed by atoms with van der Waals surface area (Å²) >= 11 is 0. The number of guanidine groups is 1. The van der Waals surface area contributed by atoms with Crippen molar-refractivity contribution >= 4 is 35.6 Å². The lowest BCUT2D eigenvalue weighted by Crippen LogP contribution is -2.39. The summed E-state index contributed by atoms with van der Waals surface area (Å²) in [5.74, 6) is 3.74. The molecule has 2 heterocycles. The van der Waals surface area contributed by atoms with Crippen LogP contribution in [0.2, 0.25) is 0 Å². The van der Waals surface area contributed by atoms with Crippen molar-refractivity contribution in [2.24, 2.45) is 12.0 Å². The van der Waals surface area contributed by atoms with E-state index in [1.165, 1.54) is 0 Å². The number of hydrogen-bond acceptors (Lipinski definition) is 7. The molecule has 0 unspecified atom stereocenters. The van der Waals surface area contributed by atoms with Crippen molar-refractivity contribution in [3.05, 3.63) is 29.8 Å². The van der Waals surface area contributed by atoms with Crippen LogP contribution in [0.3, 0.4) is 0 Å². The zero-order valence-electron chi connectivity index (χ0n) is 20.0. The van der Waals surface area contributed by atoms with Crippen LogP contribution in [-0.4, -0.2) is 78.7 Å². The number of aliphatic imine (C=N–C) groups is 1. The van der Waals surface area contributed by atoms with Crippen LogP contribution >= 0.6 is 24.0 Å². The van der Waals surface area contributed by atoms with E-state index in [9.17, 15) is 0 Å². The Hall–Kier alpha value is -2.12. The molecule has 0 amide bonds. The Labute approximate surface area is 213 Å². The van der Waals surface area contributed by atoms with Gasteiger partial charge < -0.3 is 29.4 Å². The fraction of sp³-hybridized carbons (Fsp3) is 0.591. The summed E-state index contributed by atoms with van der Waals surface area (Å²) in [6, 6.07) is 5.74. The van der Waals surface area contributed by atoms with E-state index in [-0.39, 0.29) is 24.0 Å². The molecule has 10 nitrogen and oxygen atoms in total. The minimum Gasteiger partial charge on any atom is -0.493 e. The number of ether oxygens (including phenoxy) is 3.